The highest BCUT2D eigenvalue weighted by atomic mass is 19.2. The topological polar surface area (TPSA) is 0 Å². The fourth-order valence-electron chi connectivity index (χ4n) is 4.90. The minimum Gasteiger partial charge on any atom is -0.204 e. The van der Waals surface area contributed by atoms with E-state index in [0.29, 0.717) is 5.92 Å². The monoisotopic (exact) mass is 306 g/mol. The minimum absolute atomic E-state index is 0.430. The summed E-state index contributed by atoms with van der Waals surface area (Å²) in [6.45, 7) is 2.29. The van der Waals surface area contributed by atoms with Crippen LogP contribution in [0.15, 0.2) is 18.2 Å². The van der Waals surface area contributed by atoms with Crippen molar-refractivity contribution in [1.82, 2.24) is 0 Å². The Morgan fingerprint density at radius 1 is 0.909 bits per heavy atom. The molecular weight excluding hydrogens is 278 g/mol. The molecule has 2 saturated carbocycles. The van der Waals surface area contributed by atoms with Gasteiger partial charge in [0.2, 0.25) is 0 Å². The summed E-state index contributed by atoms with van der Waals surface area (Å²) in [7, 11) is 0. The molecule has 22 heavy (non-hydrogen) atoms. The molecular formula is C20H28F2. The Balaban J connectivity index is 1.53. The van der Waals surface area contributed by atoms with Crippen molar-refractivity contribution in [3.8, 4) is 0 Å². The summed E-state index contributed by atoms with van der Waals surface area (Å²) in [6, 6.07) is 4.46. The highest BCUT2D eigenvalue weighted by molar-refractivity contribution is 5.22. The van der Waals surface area contributed by atoms with E-state index in [1.54, 1.807) is 6.07 Å². The summed E-state index contributed by atoms with van der Waals surface area (Å²) in [5.41, 5.74) is 0.993. The van der Waals surface area contributed by atoms with E-state index in [4.69, 9.17) is 0 Å². The molecule has 2 aliphatic rings. The lowest BCUT2D eigenvalue weighted by Crippen LogP contribution is -2.19. The van der Waals surface area contributed by atoms with Gasteiger partial charge >= 0.3 is 0 Å². The number of benzene rings is 1. The summed E-state index contributed by atoms with van der Waals surface area (Å²) in [6.07, 6.45) is 11.8. The van der Waals surface area contributed by atoms with E-state index in [9.17, 15) is 8.78 Å². The van der Waals surface area contributed by atoms with Crippen LogP contribution in [-0.2, 0) is 0 Å². The molecule has 0 bridgehead atoms. The van der Waals surface area contributed by atoms with Crippen molar-refractivity contribution in [3.63, 3.8) is 0 Å². The van der Waals surface area contributed by atoms with Crippen molar-refractivity contribution < 1.29 is 8.78 Å². The molecule has 0 N–H and O–H groups in total. The van der Waals surface area contributed by atoms with Crippen LogP contribution in [0.3, 0.4) is 0 Å². The average molecular weight is 306 g/mol. The zero-order valence-electron chi connectivity index (χ0n) is 13.7. The summed E-state index contributed by atoms with van der Waals surface area (Å²) in [4.78, 5) is 0. The Hall–Kier alpha value is -0.920. The van der Waals surface area contributed by atoms with Crippen LogP contribution >= 0.6 is 0 Å². The van der Waals surface area contributed by atoms with Gasteiger partial charge in [-0.3, -0.25) is 0 Å². The van der Waals surface area contributed by atoms with E-state index in [-0.39, 0.29) is 0 Å². The average Bonchev–Trinajstić information content (AvgIpc) is 2.99. The van der Waals surface area contributed by atoms with Crippen molar-refractivity contribution in [3.05, 3.63) is 35.4 Å². The Labute approximate surface area is 133 Å². The maximum atomic E-state index is 13.4. The largest absolute Gasteiger partial charge is 0.204 e. The Morgan fingerprint density at radius 2 is 1.64 bits per heavy atom. The molecule has 0 amide bonds. The van der Waals surface area contributed by atoms with Gasteiger partial charge in [-0.05, 0) is 79.9 Å². The van der Waals surface area contributed by atoms with Gasteiger partial charge < -0.3 is 0 Å². The van der Waals surface area contributed by atoms with Gasteiger partial charge in [-0.2, -0.15) is 0 Å². The SMILES string of the molecule is CCCC1CCC(C2CCC(c3ccc(F)c(F)c3)CC2)C1. The summed E-state index contributed by atoms with van der Waals surface area (Å²) in [5, 5.41) is 0. The van der Waals surface area contributed by atoms with Crippen molar-refractivity contribution in [1.29, 1.82) is 0 Å². The van der Waals surface area contributed by atoms with Crippen molar-refractivity contribution in [2.24, 2.45) is 17.8 Å². The third-order valence-electron chi connectivity index (χ3n) is 6.13. The lowest BCUT2D eigenvalue weighted by molar-refractivity contribution is 0.229. The lowest BCUT2D eigenvalue weighted by Gasteiger charge is -2.32. The number of hydrogen-bond donors (Lipinski definition) is 0. The number of halogens is 2. The normalized spacial score (nSPS) is 32.3. The molecule has 1 aromatic carbocycles. The van der Waals surface area contributed by atoms with Gasteiger partial charge in [-0.15, -0.1) is 0 Å². The molecule has 2 aliphatic carbocycles. The zero-order valence-corrected chi connectivity index (χ0v) is 13.7. The predicted octanol–water partition coefficient (Wildman–Crippen LogP) is 6.46. The van der Waals surface area contributed by atoms with Gasteiger partial charge in [0.1, 0.15) is 0 Å². The smallest absolute Gasteiger partial charge is 0.159 e. The molecule has 0 saturated heterocycles. The van der Waals surface area contributed by atoms with Crippen molar-refractivity contribution >= 4 is 0 Å². The second-order valence-electron chi connectivity index (χ2n) is 7.51. The van der Waals surface area contributed by atoms with E-state index in [0.717, 1.165) is 36.2 Å². The van der Waals surface area contributed by atoms with E-state index < -0.39 is 11.6 Å². The molecule has 2 fully saturated rings. The molecule has 2 unspecified atom stereocenters. The second-order valence-corrected chi connectivity index (χ2v) is 7.51. The fourth-order valence-corrected chi connectivity index (χ4v) is 4.90. The van der Waals surface area contributed by atoms with Gasteiger partial charge in [0.25, 0.3) is 0 Å². The molecule has 0 spiro atoms. The molecule has 0 radical (unpaired) electrons. The Morgan fingerprint density at radius 3 is 2.32 bits per heavy atom. The summed E-state index contributed by atoms with van der Waals surface area (Å²) in [5.74, 6) is 1.78. The van der Waals surface area contributed by atoms with Gasteiger partial charge in [0, 0.05) is 0 Å². The van der Waals surface area contributed by atoms with E-state index >= 15 is 0 Å². The van der Waals surface area contributed by atoms with E-state index in [1.165, 1.54) is 57.1 Å². The number of hydrogen-bond acceptors (Lipinski definition) is 0. The first-order chi connectivity index (χ1) is 10.7. The maximum Gasteiger partial charge on any atom is 0.159 e. The quantitative estimate of drug-likeness (QED) is 0.599. The third-order valence-corrected chi connectivity index (χ3v) is 6.13. The molecule has 1 aromatic rings. The molecule has 0 heterocycles. The highest BCUT2D eigenvalue weighted by Gasteiger charge is 2.33. The van der Waals surface area contributed by atoms with Crippen LogP contribution in [0.5, 0.6) is 0 Å². The summed E-state index contributed by atoms with van der Waals surface area (Å²) >= 11 is 0. The van der Waals surface area contributed by atoms with Gasteiger partial charge in [-0.1, -0.05) is 32.3 Å². The van der Waals surface area contributed by atoms with Crippen molar-refractivity contribution in [2.45, 2.75) is 70.6 Å². The first-order valence-corrected chi connectivity index (χ1v) is 9.12. The van der Waals surface area contributed by atoms with Crippen LogP contribution < -0.4 is 0 Å². The van der Waals surface area contributed by atoms with Gasteiger partial charge in [0.15, 0.2) is 11.6 Å². The third kappa shape index (κ3) is 3.52. The van der Waals surface area contributed by atoms with E-state index in [2.05, 4.69) is 6.92 Å². The molecule has 2 heteroatoms. The van der Waals surface area contributed by atoms with E-state index in [1.807, 2.05) is 0 Å². The molecule has 0 aromatic heterocycles. The highest BCUT2D eigenvalue weighted by Crippen LogP contribution is 2.46. The lowest BCUT2D eigenvalue weighted by atomic mass is 9.73. The zero-order chi connectivity index (χ0) is 15.5. The van der Waals surface area contributed by atoms with Crippen LogP contribution in [0.1, 0.15) is 76.2 Å². The molecule has 3 rings (SSSR count). The van der Waals surface area contributed by atoms with Crippen molar-refractivity contribution in [2.75, 3.05) is 0 Å². The molecule has 122 valence electrons. The molecule has 0 aliphatic heterocycles. The summed E-state index contributed by atoms with van der Waals surface area (Å²) < 4.78 is 26.5. The first kappa shape index (κ1) is 16.0. The minimum atomic E-state index is -0.731. The Bertz CT molecular complexity index is 488. The van der Waals surface area contributed by atoms with Crippen LogP contribution in [0.4, 0.5) is 8.78 Å². The van der Waals surface area contributed by atoms with Crippen LogP contribution in [-0.4, -0.2) is 0 Å². The Kier molecular flexibility index (Phi) is 5.15. The van der Waals surface area contributed by atoms with Gasteiger partial charge in [-0.25, -0.2) is 8.78 Å². The maximum absolute atomic E-state index is 13.4. The van der Waals surface area contributed by atoms with Gasteiger partial charge in [0.05, 0.1) is 0 Å². The second kappa shape index (κ2) is 7.10. The number of rotatable bonds is 4. The first-order valence-electron chi connectivity index (χ1n) is 9.12. The molecule has 0 nitrogen and oxygen atoms in total. The molecule has 2 atom stereocenters. The fraction of sp³-hybridized carbons (Fsp3) is 0.700. The van der Waals surface area contributed by atoms with Crippen LogP contribution in [0.25, 0.3) is 0 Å². The van der Waals surface area contributed by atoms with Crippen LogP contribution in [0.2, 0.25) is 0 Å². The van der Waals surface area contributed by atoms with Crippen LogP contribution in [0, 0.1) is 29.4 Å². The predicted molar refractivity (Wildman–Crippen MR) is 86.8 cm³/mol. The standard InChI is InChI=1S/C20H28F2/c1-2-3-14-4-5-17(12-14)15-6-8-16(9-7-15)18-10-11-19(21)20(22)13-18/h10-11,13-17H,2-9,12H2,1H3.